The summed E-state index contributed by atoms with van der Waals surface area (Å²) >= 11 is 5.89. The van der Waals surface area contributed by atoms with Crippen molar-refractivity contribution < 1.29 is 21.6 Å². The molecule has 1 heterocycles. The van der Waals surface area contributed by atoms with Crippen LogP contribution in [0.25, 0.3) is 0 Å². The molecule has 0 saturated carbocycles. The van der Waals surface area contributed by atoms with Crippen LogP contribution in [0.15, 0.2) is 47.5 Å². The predicted molar refractivity (Wildman–Crippen MR) is 85.5 cm³/mol. The molecule has 2 aromatic rings. The number of pyridine rings is 1. The molecule has 0 saturated heterocycles. The van der Waals surface area contributed by atoms with Crippen molar-refractivity contribution in [3.63, 3.8) is 0 Å². The first-order valence-electron chi connectivity index (χ1n) is 7.06. The summed E-state index contributed by atoms with van der Waals surface area (Å²) in [4.78, 5) is 3.63. The molecular formula is C16H12ClF3N2O2S. The number of halogens is 4. The minimum Gasteiger partial charge on any atom is -0.258 e. The van der Waals surface area contributed by atoms with Crippen molar-refractivity contribution in [2.24, 2.45) is 0 Å². The number of alkyl halides is 3. The number of aromatic nitrogens is 1. The normalized spacial score (nSPS) is 13.2. The van der Waals surface area contributed by atoms with Crippen LogP contribution in [0.2, 0.25) is 5.02 Å². The van der Waals surface area contributed by atoms with Gasteiger partial charge in [0.15, 0.2) is 9.84 Å². The van der Waals surface area contributed by atoms with Gasteiger partial charge in [0.25, 0.3) is 0 Å². The molecule has 0 fully saturated rings. The summed E-state index contributed by atoms with van der Waals surface area (Å²) in [6, 6.07) is 9.89. The molecule has 132 valence electrons. The van der Waals surface area contributed by atoms with Crippen molar-refractivity contribution in [3.05, 3.63) is 58.9 Å². The Balaban J connectivity index is 2.54. The summed E-state index contributed by atoms with van der Waals surface area (Å²) in [7, 11) is -3.98. The van der Waals surface area contributed by atoms with Gasteiger partial charge in [-0.3, -0.25) is 4.98 Å². The van der Waals surface area contributed by atoms with Crippen molar-refractivity contribution in [2.75, 3.05) is 0 Å². The maximum Gasteiger partial charge on any atom is 0.417 e. The van der Waals surface area contributed by atoms with Crippen molar-refractivity contribution in [3.8, 4) is 6.07 Å². The molecule has 0 radical (unpaired) electrons. The molecule has 0 bridgehead atoms. The van der Waals surface area contributed by atoms with E-state index in [0.29, 0.717) is 12.3 Å². The maximum absolute atomic E-state index is 12.8. The average molecular weight is 389 g/mol. The van der Waals surface area contributed by atoms with Gasteiger partial charge in [0.1, 0.15) is 5.25 Å². The number of sulfone groups is 1. The van der Waals surface area contributed by atoms with Gasteiger partial charge in [-0.15, -0.1) is 0 Å². The molecule has 1 aromatic heterocycles. The molecule has 0 spiro atoms. The summed E-state index contributed by atoms with van der Waals surface area (Å²) in [6.07, 6.45) is -4.35. The Hall–Kier alpha value is -2.11. The third kappa shape index (κ3) is 4.30. The van der Waals surface area contributed by atoms with Crippen LogP contribution in [0.3, 0.4) is 0 Å². The minimum absolute atomic E-state index is 0.0179. The average Bonchev–Trinajstić information content (AvgIpc) is 2.56. The molecule has 0 aliphatic rings. The molecule has 25 heavy (non-hydrogen) atoms. The topological polar surface area (TPSA) is 70.8 Å². The Kier molecular flexibility index (Phi) is 5.70. The highest BCUT2D eigenvalue weighted by Crippen LogP contribution is 2.38. The predicted octanol–water partition coefficient (Wildman–Crippen LogP) is 4.57. The Morgan fingerprint density at radius 3 is 2.40 bits per heavy atom. The largest absolute Gasteiger partial charge is 0.417 e. The minimum atomic E-state index is -4.64. The van der Waals surface area contributed by atoms with E-state index in [0.717, 1.165) is 0 Å². The quantitative estimate of drug-likeness (QED) is 0.752. The maximum atomic E-state index is 12.8. The summed E-state index contributed by atoms with van der Waals surface area (Å²) in [5.74, 6) is 0. The van der Waals surface area contributed by atoms with Crippen LogP contribution in [-0.2, 0) is 16.0 Å². The second-order valence-electron chi connectivity index (χ2n) is 5.13. The van der Waals surface area contributed by atoms with E-state index in [4.69, 9.17) is 16.9 Å². The lowest BCUT2D eigenvalue weighted by Gasteiger charge is -2.18. The van der Waals surface area contributed by atoms with Crippen molar-refractivity contribution in [2.45, 2.75) is 29.2 Å². The Morgan fingerprint density at radius 2 is 1.88 bits per heavy atom. The van der Waals surface area contributed by atoms with E-state index in [1.54, 1.807) is 6.07 Å². The Bertz CT molecular complexity index is 894. The lowest BCUT2D eigenvalue weighted by atomic mass is 10.1. The van der Waals surface area contributed by atoms with E-state index in [9.17, 15) is 21.6 Å². The van der Waals surface area contributed by atoms with Gasteiger partial charge in [0.2, 0.25) is 0 Å². The van der Waals surface area contributed by atoms with Crippen LogP contribution in [0.1, 0.15) is 29.3 Å². The van der Waals surface area contributed by atoms with E-state index in [-0.39, 0.29) is 23.4 Å². The van der Waals surface area contributed by atoms with Crippen LogP contribution < -0.4 is 0 Å². The fraction of sp³-hybridized carbons (Fsp3) is 0.250. The van der Waals surface area contributed by atoms with Crippen LogP contribution in [0.4, 0.5) is 13.2 Å². The summed E-state index contributed by atoms with van der Waals surface area (Å²) < 4.78 is 63.9. The third-order valence-corrected chi connectivity index (χ3v) is 5.91. The second-order valence-corrected chi connectivity index (χ2v) is 7.67. The molecule has 0 aliphatic heterocycles. The van der Waals surface area contributed by atoms with Gasteiger partial charge in [0, 0.05) is 12.6 Å². The van der Waals surface area contributed by atoms with Crippen LogP contribution >= 0.6 is 11.6 Å². The van der Waals surface area contributed by atoms with Gasteiger partial charge in [-0.05, 0) is 24.6 Å². The molecule has 1 aromatic carbocycles. The highest BCUT2D eigenvalue weighted by Gasteiger charge is 2.35. The first-order chi connectivity index (χ1) is 11.7. The third-order valence-electron chi connectivity index (χ3n) is 3.47. The fourth-order valence-electron chi connectivity index (χ4n) is 2.25. The molecule has 4 nitrogen and oxygen atoms in total. The SMILES string of the molecule is N#CCC[C@@H](c1ncc(C(F)(F)F)cc1Cl)S(=O)(=O)c1ccccc1. The van der Waals surface area contributed by atoms with Gasteiger partial charge in [0.05, 0.1) is 27.2 Å². The molecule has 0 amide bonds. The van der Waals surface area contributed by atoms with Gasteiger partial charge >= 0.3 is 6.18 Å². The van der Waals surface area contributed by atoms with Crippen molar-refractivity contribution in [1.82, 2.24) is 4.98 Å². The number of nitriles is 1. The van der Waals surface area contributed by atoms with Crippen molar-refractivity contribution in [1.29, 1.82) is 5.26 Å². The van der Waals surface area contributed by atoms with Crippen molar-refractivity contribution >= 4 is 21.4 Å². The molecule has 0 unspecified atom stereocenters. The number of hydrogen-bond acceptors (Lipinski definition) is 4. The Labute approximate surface area is 147 Å². The molecule has 1 atom stereocenters. The van der Waals surface area contributed by atoms with Crippen LogP contribution in [0.5, 0.6) is 0 Å². The molecule has 2 rings (SSSR count). The monoisotopic (exact) mass is 388 g/mol. The lowest BCUT2D eigenvalue weighted by Crippen LogP contribution is -2.17. The second kappa shape index (κ2) is 7.42. The zero-order valence-corrected chi connectivity index (χ0v) is 14.2. The number of benzene rings is 1. The first kappa shape index (κ1) is 19.2. The smallest absolute Gasteiger partial charge is 0.258 e. The summed E-state index contributed by atoms with van der Waals surface area (Å²) in [5.41, 5.74) is -1.27. The first-order valence-corrected chi connectivity index (χ1v) is 8.99. The van der Waals surface area contributed by atoms with Crippen LogP contribution in [-0.4, -0.2) is 13.4 Å². The Morgan fingerprint density at radius 1 is 1.24 bits per heavy atom. The molecule has 0 N–H and O–H groups in total. The summed E-state index contributed by atoms with van der Waals surface area (Å²) in [5, 5.41) is 7.05. The standard InChI is InChI=1S/C16H12ClF3N2O2S/c17-13-9-11(16(18,19)20)10-22-15(13)14(7-4-8-21)25(23,24)12-5-2-1-3-6-12/h1-3,5-6,9-10,14H,4,7H2/t14-/m0/s1. The van der Waals surface area contributed by atoms with Gasteiger partial charge in [-0.2, -0.15) is 18.4 Å². The fourth-order valence-corrected chi connectivity index (χ4v) is 4.39. The molecule has 9 heteroatoms. The lowest BCUT2D eigenvalue weighted by molar-refractivity contribution is -0.137. The van der Waals surface area contributed by atoms with E-state index < -0.39 is 31.8 Å². The van der Waals surface area contributed by atoms with E-state index in [2.05, 4.69) is 4.98 Å². The van der Waals surface area contributed by atoms with Gasteiger partial charge in [-0.25, -0.2) is 8.42 Å². The van der Waals surface area contributed by atoms with Crippen LogP contribution in [0, 0.1) is 11.3 Å². The van der Waals surface area contributed by atoms with E-state index >= 15 is 0 Å². The highest BCUT2D eigenvalue weighted by atomic mass is 35.5. The van der Waals surface area contributed by atoms with E-state index in [1.165, 1.54) is 24.3 Å². The van der Waals surface area contributed by atoms with Gasteiger partial charge in [-0.1, -0.05) is 29.8 Å². The highest BCUT2D eigenvalue weighted by molar-refractivity contribution is 7.91. The number of rotatable bonds is 5. The molecular weight excluding hydrogens is 377 g/mol. The van der Waals surface area contributed by atoms with Gasteiger partial charge < -0.3 is 0 Å². The number of nitrogens with zero attached hydrogens (tertiary/aromatic N) is 2. The number of hydrogen-bond donors (Lipinski definition) is 0. The zero-order chi connectivity index (χ0) is 18.7. The zero-order valence-electron chi connectivity index (χ0n) is 12.7. The molecule has 0 aliphatic carbocycles. The van der Waals surface area contributed by atoms with E-state index in [1.807, 2.05) is 6.07 Å². The summed E-state index contributed by atoms with van der Waals surface area (Å²) in [6.45, 7) is 0.